The van der Waals surface area contributed by atoms with Gasteiger partial charge in [-0.3, -0.25) is 14.4 Å². The quantitative estimate of drug-likeness (QED) is 0.763. The van der Waals surface area contributed by atoms with Crippen LogP contribution in [0.25, 0.3) is 0 Å². The first-order valence-electron chi connectivity index (χ1n) is 10.2. The number of hydrogen-bond acceptors (Lipinski definition) is 4. The highest BCUT2D eigenvalue weighted by molar-refractivity contribution is 5.92. The number of carbonyl (C=O) groups excluding carboxylic acids is 3. The van der Waals surface area contributed by atoms with Crippen molar-refractivity contribution in [2.75, 3.05) is 6.61 Å². The molecule has 6 heteroatoms. The minimum atomic E-state index is -0.685. The fourth-order valence-corrected chi connectivity index (χ4v) is 4.23. The molecule has 1 saturated heterocycles. The summed E-state index contributed by atoms with van der Waals surface area (Å²) in [5, 5.41) is 2.94. The molecular weight excluding hydrogens is 356 g/mol. The van der Waals surface area contributed by atoms with Crippen LogP contribution in [-0.2, 0) is 19.1 Å². The molecule has 0 aromatic heterocycles. The smallest absolute Gasteiger partial charge is 0.311 e. The summed E-state index contributed by atoms with van der Waals surface area (Å²) in [4.78, 5) is 40.9. The molecular formula is C22H30N2O4. The van der Waals surface area contributed by atoms with E-state index in [0.717, 1.165) is 18.4 Å². The highest BCUT2D eigenvalue weighted by Gasteiger charge is 2.57. The standard InChI is InChI=1S/C22H30N2O4/c1-5-28-22(27)17-14(4)18(20(25)23-13(2)3)24(21(26)16-11-12-16)19(17)15-9-7-6-8-10-15/h6-10,13-14,16-19H,5,11-12H2,1-4H3,(H,23,25). The summed E-state index contributed by atoms with van der Waals surface area (Å²) in [6.45, 7) is 7.69. The zero-order chi connectivity index (χ0) is 20.4. The summed E-state index contributed by atoms with van der Waals surface area (Å²) in [5.41, 5.74) is 0.862. The number of carbonyl (C=O) groups is 3. The van der Waals surface area contributed by atoms with Gasteiger partial charge in [0.25, 0.3) is 0 Å². The van der Waals surface area contributed by atoms with Crippen molar-refractivity contribution >= 4 is 17.8 Å². The van der Waals surface area contributed by atoms with E-state index in [1.54, 1.807) is 11.8 Å². The van der Waals surface area contributed by atoms with E-state index in [-0.39, 0.29) is 42.3 Å². The summed E-state index contributed by atoms with van der Waals surface area (Å²) >= 11 is 0. The lowest BCUT2D eigenvalue weighted by Crippen LogP contribution is -2.50. The van der Waals surface area contributed by atoms with E-state index in [2.05, 4.69) is 5.32 Å². The van der Waals surface area contributed by atoms with E-state index in [4.69, 9.17) is 4.74 Å². The van der Waals surface area contributed by atoms with Crippen molar-refractivity contribution in [3.8, 4) is 0 Å². The predicted molar refractivity (Wildman–Crippen MR) is 105 cm³/mol. The average molecular weight is 386 g/mol. The molecule has 0 spiro atoms. The Balaban J connectivity index is 2.07. The topological polar surface area (TPSA) is 75.7 Å². The Labute approximate surface area is 166 Å². The van der Waals surface area contributed by atoms with Crippen LogP contribution >= 0.6 is 0 Å². The second-order valence-electron chi connectivity index (χ2n) is 8.12. The van der Waals surface area contributed by atoms with Crippen molar-refractivity contribution < 1.29 is 19.1 Å². The van der Waals surface area contributed by atoms with E-state index in [9.17, 15) is 14.4 Å². The molecule has 4 atom stereocenters. The van der Waals surface area contributed by atoms with Gasteiger partial charge < -0.3 is 15.0 Å². The molecule has 0 bridgehead atoms. The van der Waals surface area contributed by atoms with Gasteiger partial charge in [-0.25, -0.2) is 0 Å². The van der Waals surface area contributed by atoms with Gasteiger partial charge in [0.2, 0.25) is 11.8 Å². The van der Waals surface area contributed by atoms with Crippen LogP contribution in [0.15, 0.2) is 30.3 Å². The number of amides is 2. The van der Waals surface area contributed by atoms with Gasteiger partial charge >= 0.3 is 5.97 Å². The first-order chi connectivity index (χ1) is 13.4. The van der Waals surface area contributed by atoms with E-state index in [1.807, 2.05) is 51.1 Å². The molecule has 2 fully saturated rings. The highest BCUT2D eigenvalue weighted by Crippen LogP contribution is 2.48. The molecule has 28 heavy (non-hydrogen) atoms. The Morgan fingerprint density at radius 2 is 1.82 bits per heavy atom. The summed E-state index contributed by atoms with van der Waals surface area (Å²) in [6.07, 6.45) is 1.68. The van der Waals surface area contributed by atoms with Gasteiger partial charge in [0.15, 0.2) is 0 Å². The maximum absolute atomic E-state index is 13.3. The summed E-state index contributed by atoms with van der Waals surface area (Å²) in [7, 11) is 0. The molecule has 1 saturated carbocycles. The van der Waals surface area contributed by atoms with Gasteiger partial charge in [0.1, 0.15) is 6.04 Å². The third-order valence-corrected chi connectivity index (χ3v) is 5.58. The lowest BCUT2D eigenvalue weighted by atomic mass is 9.85. The Bertz CT molecular complexity index is 729. The Kier molecular flexibility index (Phi) is 6.06. The summed E-state index contributed by atoms with van der Waals surface area (Å²) in [5.74, 6) is -1.55. The maximum Gasteiger partial charge on any atom is 0.311 e. The highest BCUT2D eigenvalue weighted by atomic mass is 16.5. The van der Waals surface area contributed by atoms with Crippen LogP contribution in [-0.4, -0.2) is 41.4 Å². The zero-order valence-electron chi connectivity index (χ0n) is 17.1. The zero-order valence-corrected chi connectivity index (χ0v) is 17.1. The molecule has 3 rings (SSSR count). The van der Waals surface area contributed by atoms with Crippen molar-refractivity contribution in [1.82, 2.24) is 10.2 Å². The molecule has 1 heterocycles. The van der Waals surface area contributed by atoms with Gasteiger partial charge in [0, 0.05) is 17.9 Å². The van der Waals surface area contributed by atoms with Crippen molar-refractivity contribution in [3.63, 3.8) is 0 Å². The third kappa shape index (κ3) is 3.91. The average Bonchev–Trinajstić information content (AvgIpc) is 3.44. The Hall–Kier alpha value is -2.37. The van der Waals surface area contributed by atoms with Gasteiger partial charge in [0.05, 0.1) is 18.6 Å². The van der Waals surface area contributed by atoms with Crippen LogP contribution in [0, 0.1) is 17.8 Å². The molecule has 0 radical (unpaired) electrons. The SMILES string of the molecule is CCOC(=O)C1C(C)C(C(=O)NC(C)C)N(C(=O)C2CC2)C1c1ccccc1. The largest absolute Gasteiger partial charge is 0.466 e. The van der Waals surface area contributed by atoms with Crippen molar-refractivity contribution in [3.05, 3.63) is 35.9 Å². The van der Waals surface area contributed by atoms with Crippen LogP contribution in [0.3, 0.4) is 0 Å². The monoisotopic (exact) mass is 386 g/mol. The molecule has 2 amide bonds. The van der Waals surface area contributed by atoms with Gasteiger partial charge in [-0.2, -0.15) is 0 Å². The van der Waals surface area contributed by atoms with Crippen LogP contribution < -0.4 is 5.32 Å². The van der Waals surface area contributed by atoms with Gasteiger partial charge in [-0.1, -0.05) is 37.3 Å². The molecule has 1 aliphatic carbocycles. The van der Waals surface area contributed by atoms with Crippen LogP contribution in [0.2, 0.25) is 0 Å². The van der Waals surface area contributed by atoms with E-state index >= 15 is 0 Å². The Morgan fingerprint density at radius 1 is 1.18 bits per heavy atom. The lowest BCUT2D eigenvalue weighted by molar-refractivity contribution is -0.150. The minimum Gasteiger partial charge on any atom is -0.466 e. The first-order valence-corrected chi connectivity index (χ1v) is 10.2. The first kappa shape index (κ1) is 20.4. The number of likely N-dealkylation sites (tertiary alicyclic amines) is 1. The molecule has 152 valence electrons. The fraction of sp³-hybridized carbons (Fsp3) is 0.591. The number of rotatable bonds is 6. The molecule has 2 aliphatic rings. The Morgan fingerprint density at radius 3 is 2.36 bits per heavy atom. The molecule has 1 aromatic rings. The van der Waals surface area contributed by atoms with Crippen LogP contribution in [0.5, 0.6) is 0 Å². The number of nitrogens with zero attached hydrogens (tertiary/aromatic N) is 1. The normalized spacial score (nSPS) is 27.0. The number of ether oxygens (including phenoxy) is 1. The number of nitrogens with one attached hydrogen (secondary N) is 1. The van der Waals surface area contributed by atoms with Crippen molar-refractivity contribution in [2.24, 2.45) is 17.8 Å². The fourth-order valence-electron chi connectivity index (χ4n) is 4.23. The van der Waals surface area contributed by atoms with Crippen molar-refractivity contribution in [1.29, 1.82) is 0 Å². The minimum absolute atomic E-state index is 0.0311. The van der Waals surface area contributed by atoms with E-state index in [0.29, 0.717) is 0 Å². The van der Waals surface area contributed by atoms with E-state index in [1.165, 1.54) is 0 Å². The molecule has 1 aliphatic heterocycles. The lowest BCUT2D eigenvalue weighted by Gasteiger charge is -2.32. The third-order valence-electron chi connectivity index (χ3n) is 5.58. The summed E-state index contributed by atoms with van der Waals surface area (Å²) < 4.78 is 5.35. The molecule has 1 aromatic carbocycles. The summed E-state index contributed by atoms with van der Waals surface area (Å²) in [6, 6.07) is 8.29. The van der Waals surface area contributed by atoms with Crippen LogP contribution in [0.1, 0.15) is 52.1 Å². The molecule has 6 nitrogen and oxygen atoms in total. The number of esters is 1. The predicted octanol–water partition coefficient (Wildman–Crippen LogP) is 2.69. The molecule has 4 unspecified atom stereocenters. The van der Waals surface area contributed by atoms with E-state index < -0.39 is 18.0 Å². The second kappa shape index (κ2) is 8.33. The molecule has 1 N–H and O–H groups in total. The number of hydrogen-bond donors (Lipinski definition) is 1. The van der Waals surface area contributed by atoms with Gasteiger partial charge in [-0.15, -0.1) is 0 Å². The van der Waals surface area contributed by atoms with Crippen LogP contribution in [0.4, 0.5) is 0 Å². The van der Waals surface area contributed by atoms with Crippen molar-refractivity contribution in [2.45, 2.75) is 58.7 Å². The second-order valence-corrected chi connectivity index (χ2v) is 8.12. The van der Waals surface area contributed by atoms with Gasteiger partial charge in [-0.05, 0) is 39.2 Å². The maximum atomic E-state index is 13.3. The number of benzene rings is 1.